The first-order chi connectivity index (χ1) is 8.69. The Morgan fingerprint density at radius 3 is 2.89 bits per heavy atom. The lowest BCUT2D eigenvalue weighted by Crippen LogP contribution is -2.59. The molecule has 18 heavy (non-hydrogen) atoms. The largest absolute Gasteiger partial charge is 0.444 e. The first-order valence-electron chi connectivity index (χ1n) is 7.10. The molecule has 4 heteroatoms. The molecule has 0 radical (unpaired) electrons. The lowest BCUT2D eigenvalue weighted by atomic mass is 9.94. The highest BCUT2D eigenvalue weighted by Crippen LogP contribution is 2.34. The fourth-order valence-electron chi connectivity index (χ4n) is 3.43. The average Bonchev–Trinajstić information content (AvgIpc) is 2.98. The molecule has 1 saturated carbocycles. The van der Waals surface area contributed by atoms with Gasteiger partial charge in [0, 0.05) is 25.2 Å². The van der Waals surface area contributed by atoms with Gasteiger partial charge >= 0.3 is 0 Å². The predicted molar refractivity (Wildman–Crippen MR) is 70.4 cm³/mol. The molecule has 1 saturated heterocycles. The number of rotatable bonds is 2. The van der Waals surface area contributed by atoms with Crippen LogP contribution in [-0.2, 0) is 0 Å². The van der Waals surface area contributed by atoms with E-state index in [0.717, 1.165) is 31.3 Å². The minimum Gasteiger partial charge on any atom is -0.444 e. The van der Waals surface area contributed by atoms with Crippen LogP contribution in [0.1, 0.15) is 50.3 Å². The first kappa shape index (κ1) is 12.2. The van der Waals surface area contributed by atoms with Gasteiger partial charge in [0.25, 0.3) is 0 Å². The van der Waals surface area contributed by atoms with Crippen LogP contribution in [-0.4, -0.2) is 35.1 Å². The molecule has 100 valence electrons. The van der Waals surface area contributed by atoms with Crippen molar-refractivity contribution in [2.45, 2.75) is 51.1 Å². The van der Waals surface area contributed by atoms with Crippen molar-refractivity contribution in [1.29, 1.82) is 0 Å². The highest BCUT2D eigenvalue weighted by Gasteiger charge is 2.39. The Bertz CT molecular complexity index is 409. The molecule has 2 heterocycles. The molecular weight excluding hydrogens is 226 g/mol. The van der Waals surface area contributed by atoms with Crippen molar-refractivity contribution in [3.8, 4) is 0 Å². The molecule has 1 aliphatic heterocycles. The SMILES string of the molecule is Cc1cnc(C(C)N2CCNC3(CCCC3)C2)o1. The quantitative estimate of drug-likeness (QED) is 0.873. The summed E-state index contributed by atoms with van der Waals surface area (Å²) in [4.78, 5) is 6.90. The van der Waals surface area contributed by atoms with Gasteiger partial charge in [0.05, 0.1) is 12.2 Å². The van der Waals surface area contributed by atoms with E-state index in [4.69, 9.17) is 4.42 Å². The molecule has 0 amide bonds. The number of oxazole rings is 1. The maximum absolute atomic E-state index is 5.68. The number of hydrogen-bond donors (Lipinski definition) is 1. The van der Waals surface area contributed by atoms with E-state index >= 15 is 0 Å². The lowest BCUT2D eigenvalue weighted by molar-refractivity contribution is 0.0884. The van der Waals surface area contributed by atoms with Gasteiger partial charge in [-0.15, -0.1) is 0 Å². The van der Waals surface area contributed by atoms with Gasteiger partial charge in [-0.2, -0.15) is 0 Å². The third-order valence-electron chi connectivity index (χ3n) is 4.51. The summed E-state index contributed by atoms with van der Waals surface area (Å²) in [5, 5.41) is 3.74. The molecule has 1 spiro atoms. The third-order valence-corrected chi connectivity index (χ3v) is 4.51. The smallest absolute Gasteiger partial charge is 0.211 e. The minimum absolute atomic E-state index is 0.290. The maximum atomic E-state index is 5.68. The highest BCUT2D eigenvalue weighted by molar-refractivity contribution is 5.02. The summed E-state index contributed by atoms with van der Waals surface area (Å²) in [7, 11) is 0. The first-order valence-corrected chi connectivity index (χ1v) is 7.10. The highest BCUT2D eigenvalue weighted by atomic mass is 16.4. The minimum atomic E-state index is 0.290. The van der Waals surface area contributed by atoms with Crippen LogP contribution in [0.5, 0.6) is 0 Å². The predicted octanol–water partition coefficient (Wildman–Crippen LogP) is 2.26. The summed E-state index contributed by atoms with van der Waals surface area (Å²) in [6, 6.07) is 0.290. The zero-order valence-electron chi connectivity index (χ0n) is 11.4. The van der Waals surface area contributed by atoms with Crippen molar-refractivity contribution in [3.63, 3.8) is 0 Å². The molecule has 2 fully saturated rings. The van der Waals surface area contributed by atoms with Crippen LogP contribution < -0.4 is 5.32 Å². The fraction of sp³-hybridized carbons (Fsp3) is 0.786. The Kier molecular flexibility index (Phi) is 3.16. The second kappa shape index (κ2) is 4.67. The Balaban J connectivity index is 1.72. The van der Waals surface area contributed by atoms with Crippen LogP contribution in [0.15, 0.2) is 10.6 Å². The monoisotopic (exact) mass is 249 g/mol. The molecule has 1 N–H and O–H groups in total. The van der Waals surface area contributed by atoms with Crippen LogP contribution in [0, 0.1) is 6.92 Å². The molecule has 2 aliphatic rings. The zero-order chi connectivity index (χ0) is 12.6. The summed E-state index contributed by atoms with van der Waals surface area (Å²) in [5.74, 6) is 1.77. The van der Waals surface area contributed by atoms with E-state index < -0.39 is 0 Å². The van der Waals surface area contributed by atoms with E-state index in [1.54, 1.807) is 0 Å². The van der Waals surface area contributed by atoms with Crippen molar-refractivity contribution < 1.29 is 4.42 Å². The lowest BCUT2D eigenvalue weighted by Gasteiger charge is -2.43. The van der Waals surface area contributed by atoms with Crippen LogP contribution in [0.4, 0.5) is 0 Å². The van der Waals surface area contributed by atoms with Crippen LogP contribution in [0.2, 0.25) is 0 Å². The Morgan fingerprint density at radius 2 is 2.22 bits per heavy atom. The van der Waals surface area contributed by atoms with Crippen LogP contribution in [0.3, 0.4) is 0 Å². The number of nitrogens with zero attached hydrogens (tertiary/aromatic N) is 2. The van der Waals surface area contributed by atoms with E-state index in [0.29, 0.717) is 11.6 Å². The topological polar surface area (TPSA) is 41.3 Å². The van der Waals surface area contributed by atoms with Gasteiger partial charge in [-0.1, -0.05) is 12.8 Å². The number of nitrogens with one attached hydrogen (secondary N) is 1. The van der Waals surface area contributed by atoms with Gasteiger partial charge in [-0.25, -0.2) is 4.98 Å². The summed E-state index contributed by atoms with van der Waals surface area (Å²) in [6.45, 7) is 7.47. The molecule has 1 aromatic heterocycles. The maximum Gasteiger partial charge on any atom is 0.211 e. The molecule has 0 aromatic carbocycles. The summed E-state index contributed by atoms with van der Waals surface area (Å²) >= 11 is 0. The zero-order valence-corrected chi connectivity index (χ0v) is 11.4. The molecular formula is C14H23N3O. The van der Waals surface area contributed by atoms with E-state index in [1.165, 1.54) is 25.7 Å². The van der Waals surface area contributed by atoms with E-state index in [2.05, 4.69) is 22.1 Å². The van der Waals surface area contributed by atoms with Gasteiger partial charge in [-0.3, -0.25) is 4.90 Å². The van der Waals surface area contributed by atoms with Crippen molar-refractivity contribution >= 4 is 0 Å². The molecule has 4 nitrogen and oxygen atoms in total. The third kappa shape index (κ3) is 2.19. The van der Waals surface area contributed by atoms with E-state index in [1.807, 2.05) is 13.1 Å². The Labute approximate surface area is 109 Å². The van der Waals surface area contributed by atoms with Gasteiger partial charge < -0.3 is 9.73 Å². The molecule has 1 aromatic rings. The van der Waals surface area contributed by atoms with Gasteiger partial charge in [-0.05, 0) is 26.7 Å². The number of aryl methyl sites for hydroxylation is 1. The fourth-order valence-corrected chi connectivity index (χ4v) is 3.43. The normalized spacial score (nSPS) is 25.7. The number of aromatic nitrogens is 1. The van der Waals surface area contributed by atoms with Crippen LogP contribution >= 0.6 is 0 Å². The molecule has 1 unspecified atom stereocenters. The van der Waals surface area contributed by atoms with E-state index in [9.17, 15) is 0 Å². The summed E-state index contributed by atoms with van der Waals surface area (Å²) in [6.07, 6.45) is 7.20. The second-order valence-electron chi connectivity index (χ2n) is 5.87. The van der Waals surface area contributed by atoms with Gasteiger partial charge in [0.2, 0.25) is 5.89 Å². The van der Waals surface area contributed by atoms with Gasteiger partial charge in [0.15, 0.2) is 0 Å². The van der Waals surface area contributed by atoms with E-state index in [-0.39, 0.29) is 0 Å². The molecule has 1 atom stereocenters. The van der Waals surface area contributed by atoms with Crippen molar-refractivity contribution in [1.82, 2.24) is 15.2 Å². The Hall–Kier alpha value is -0.870. The molecule has 3 rings (SSSR count). The summed E-state index contributed by atoms with van der Waals surface area (Å²) in [5.41, 5.74) is 0.369. The van der Waals surface area contributed by atoms with Crippen molar-refractivity contribution in [2.24, 2.45) is 0 Å². The van der Waals surface area contributed by atoms with Gasteiger partial charge in [0.1, 0.15) is 5.76 Å². The number of piperazine rings is 1. The summed E-state index contributed by atoms with van der Waals surface area (Å²) < 4.78 is 5.68. The average molecular weight is 249 g/mol. The number of hydrogen-bond acceptors (Lipinski definition) is 4. The molecule has 1 aliphatic carbocycles. The second-order valence-corrected chi connectivity index (χ2v) is 5.87. The van der Waals surface area contributed by atoms with Crippen molar-refractivity contribution in [3.05, 3.63) is 17.8 Å². The van der Waals surface area contributed by atoms with Crippen LogP contribution in [0.25, 0.3) is 0 Å². The molecule has 0 bridgehead atoms. The standard InChI is InChI=1S/C14H23N3O/c1-11-9-15-13(18-11)12(2)17-8-7-16-14(10-17)5-3-4-6-14/h9,12,16H,3-8,10H2,1-2H3. The Morgan fingerprint density at radius 1 is 1.44 bits per heavy atom. The van der Waals surface area contributed by atoms with Crippen molar-refractivity contribution in [2.75, 3.05) is 19.6 Å².